The second-order valence-corrected chi connectivity index (χ2v) is 5.54. The Morgan fingerprint density at radius 3 is 2.29 bits per heavy atom. The van der Waals surface area contributed by atoms with E-state index in [1.165, 1.54) is 12.1 Å². The molecule has 2 amide bonds. The summed E-state index contributed by atoms with van der Waals surface area (Å²) in [5, 5.41) is 22.3. The first-order valence-corrected chi connectivity index (χ1v) is 7.75. The van der Waals surface area contributed by atoms with Gasteiger partial charge in [0.1, 0.15) is 0 Å². The van der Waals surface area contributed by atoms with Crippen LogP contribution in [0.2, 0.25) is 0 Å². The number of hydrogen-bond acceptors (Lipinski definition) is 6. The molecule has 0 aliphatic carbocycles. The molecule has 1 atom stereocenters. The van der Waals surface area contributed by atoms with Crippen LogP contribution < -0.4 is 21.3 Å². The molecule has 4 N–H and O–H groups in total. The molecule has 1 fully saturated rings. The zero-order valence-corrected chi connectivity index (χ0v) is 13.2. The molecule has 24 heavy (non-hydrogen) atoms. The third kappa shape index (κ3) is 5.94. The van der Waals surface area contributed by atoms with Crippen molar-refractivity contribution in [1.82, 2.24) is 21.3 Å². The van der Waals surface area contributed by atoms with Gasteiger partial charge in [-0.15, -0.1) is 0 Å². The van der Waals surface area contributed by atoms with Crippen molar-refractivity contribution in [2.24, 2.45) is 0 Å². The number of non-ortho nitro benzene ring substituents is 1. The molecular formula is C15H21N5O4. The lowest BCUT2D eigenvalue weighted by molar-refractivity contribution is -0.384. The fourth-order valence-corrected chi connectivity index (χ4v) is 2.38. The van der Waals surface area contributed by atoms with Gasteiger partial charge in [-0.3, -0.25) is 19.7 Å². The van der Waals surface area contributed by atoms with Crippen molar-refractivity contribution >= 4 is 17.5 Å². The summed E-state index contributed by atoms with van der Waals surface area (Å²) in [5.41, 5.74) is 0.955. The number of benzene rings is 1. The summed E-state index contributed by atoms with van der Waals surface area (Å²) < 4.78 is 0. The van der Waals surface area contributed by atoms with Crippen LogP contribution >= 0.6 is 0 Å². The zero-order valence-electron chi connectivity index (χ0n) is 13.2. The smallest absolute Gasteiger partial charge is 0.269 e. The maximum Gasteiger partial charge on any atom is 0.269 e. The molecule has 2 rings (SSSR count). The molecule has 130 valence electrons. The Balaban J connectivity index is 1.97. The van der Waals surface area contributed by atoms with Crippen molar-refractivity contribution < 1.29 is 14.5 Å². The Hall–Kier alpha value is -2.52. The fraction of sp³-hybridized carbons (Fsp3) is 0.467. The highest BCUT2D eigenvalue weighted by molar-refractivity contribution is 5.79. The van der Waals surface area contributed by atoms with Gasteiger partial charge in [0.25, 0.3) is 5.69 Å². The maximum atomic E-state index is 11.7. The largest absolute Gasteiger partial charge is 0.353 e. The highest BCUT2D eigenvalue weighted by Crippen LogP contribution is 2.13. The first-order valence-electron chi connectivity index (χ1n) is 7.75. The predicted molar refractivity (Wildman–Crippen MR) is 87.5 cm³/mol. The van der Waals surface area contributed by atoms with Gasteiger partial charge in [-0.1, -0.05) is 12.1 Å². The van der Waals surface area contributed by atoms with Gasteiger partial charge in [0.05, 0.1) is 18.0 Å². The topological polar surface area (TPSA) is 125 Å². The lowest BCUT2D eigenvalue weighted by Crippen LogP contribution is -2.49. The van der Waals surface area contributed by atoms with E-state index >= 15 is 0 Å². The molecular weight excluding hydrogens is 314 g/mol. The Kier molecular flexibility index (Phi) is 6.64. The molecule has 9 nitrogen and oxygen atoms in total. The quantitative estimate of drug-likeness (QED) is 0.412. The standard InChI is InChI=1S/C15H21N5O4/c21-14-9-16-8-12(19-10-15(22)18-6-5-17-14)7-11-1-3-13(4-2-11)20(23)24/h1-4,12,16,19H,5-10H2,(H,17,21)(H,18,22). The van der Waals surface area contributed by atoms with Gasteiger partial charge < -0.3 is 21.3 Å². The van der Waals surface area contributed by atoms with Crippen molar-refractivity contribution in [3.05, 3.63) is 39.9 Å². The Morgan fingerprint density at radius 1 is 1.04 bits per heavy atom. The molecule has 1 aromatic carbocycles. The molecule has 9 heteroatoms. The van der Waals surface area contributed by atoms with Crippen LogP contribution in [0, 0.1) is 10.1 Å². The predicted octanol–water partition coefficient (Wildman–Crippen LogP) is -1.07. The number of carbonyl (C=O) groups is 2. The number of rotatable bonds is 3. The third-order valence-electron chi connectivity index (χ3n) is 3.63. The Labute approximate surface area is 139 Å². The van der Waals surface area contributed by atoms with Crippen LogP contribution in [0.15, 0.2) is 24.3 Å². The molecule has 1 heterocycles. The van der Waals surface area contributed by atoms with Gasteiger partial charge in [0.2, 0.25) is 11.8 Å². The van der Waals surface area contributed by atoms with E-state index in [2.05, 4.69) is 21.3 Å². The van der Waals surface area contributed by atoms with E-state index in [1.54, 1.807) is 12.1 Å². The van der Waals surface area contributed by atoms with Crippen molar-refractivity contribution in [2.45, 2.75) is 12.5 Å². The van der Waals surface area contributed by atoms with Gasteiger partial charge in [0.15, 0.2) is 0 Å². The SMILES string of the molecule is O=C1CNCC(Cc2ccc([N+](=O)[O-])cc2)NCC(=O)NCCN1. The number of carbonyl (C=O) groups excluding carboxylic acids is 2. The van der Waals surface area contributed by atoms with Gasteiger partial charge in [-0.25, -0.2) is 0 Å². The lowest BCUT2D eigenvalue weighted by Gasteiger charge is -2.20. The van der Waals surface area contributed by atoms with Gasteiger partial charge >= 0.3 is 0 Å². The highest BCUT2D eigenvalue weighted by Gasteiger charge is 2.14. The van der Waals surface area contributed by atoms with Gasteiger partial charge in [-0.2, -0.15) is 0 Å². The Morgan fingerprint density at radius 2 is 1.67 bits per heavy atom. The van der Waals surface area contributed by atoms with Crippen LogP contribution in [-0.2, 0) is 16.0 Å². The van der Waals surface area contributed by atoms with Crippen molar-refractivity contribution in [3.63, 3.8) is 0 Å². The lowest BCUT2D eigenvalue weighted by atomic mass is 10.1. The monoisotopic (exact) mass is 335 g/mol. The molecule has 1 aliphatic heterocycles. The first kappa shape index (κ1) is 17.8. The van der Waals surface area contributed by atoms with Gasteiger partial charge in [0, 0.05) is 37.8 Å². The highest BCUT2D eigenvalue weighted by atomic mass is 16.6. The molecule has 1 aromatic rings. The van der Waals surface area contributed by atoms with E-state index in [-0.39, 0.29) is 36.6 Å². The number of hydrogen-bond donors (Lipinski definition) is 4. The van der Waals surface area contributed by atoms with Crippen LogP contribution in [0.1, 0.15) is 5.56 Å². The molecule has 0 aromatic heterocycles. The molecule has 1 saturated heterocycles. The average Bonchev–Trinajstić information content (AvgIpc) is 2.56. The molecule has 1 unspecified atom stereocenters. The second-order valence-electron chi connectivity index (χ2n) is 5.54. The van der Waals surface area contributed by atoms with Crippen molar-refractivity contribution in [3.8, 4) is 0 Å². The van der Waals surface area contributed by atoms with E-state index in [0.29, 0.717) is 26.1 Å². The van der Waals surface area contributed by atoms with Crippen LogP contribution in [0.25, 0.3) is 0 Å². The summed E-state index contributed by atoms with van der Waals surface area (Å²) in [6, 6.07) is 6.23. The normalized spacial score (nSPS) is 20.2. The summed E-state index contributed by atoms with van der Waals surface area (Å²) in [6.07, 6.45) is 0.583. The molecule has 1 aliphatic rings. The summed E-state index contributed by atoms with van der Waals surface area (Å²) >= 11 is 0. The van der Waals surface area contributed by atoms with Crippen molar-refractivity contribution in [2.75, 3.05) is 32.7 Å². The average molecular weight is 335 g/mol. The second kappa shape index (κ2) is 8.94. The zero-order chi connectivity index (χ0) is 17.4. The maximum absolute atomic E-state index is 11.7. The van der Waals surface area contributed by atoms with E-state index in [9.17, 15) is 19.7 Å². The van der Waals surface area contributed by atoms with E-state index in [0.717, 1.165) is 5.56 Å². The minimum atomic E-state index is -0.442. The summed E-state index contributed by atoms with van der Waals surface area (Å²) in [4.78, 5) is 33.5. The number of amides is 2. The number of nitrogens with one attached hydrogen (secondary N) is 4. The molecule has 0 bridgehead atoms. The minimum absolute atomic E-state index is 0.0413. The fourth-order valence-electron chi connectivity index (χ4n) is 2.38. The van der Waals surface area contributed by atoms with Crippen LogP contribution in [0.5, 0.6) is 0 Å². The van der Waals surface area contributed by atoms with Crippen LogP contribution in [-0.4, -0.2) is 55.5 Å². The van der Waals surface area contributed by atoms with Crippen LogP contribution in [0.3, 0.4) is 0 Å². The molecule has 0 saturated carbocycles. The van der Waals surface area contributed by atoms with Crippen molar-refractivity contribution in [1.29, 1.82) is 0 Å². The summed E-state index contributed by atoms with van der Waals surface area (Å²) in [6.45, 7) is 1.66. The summed E-state index contributed by atoms with van der Waals surface area (Å²) in [7, 11) is 0. The third-order valence-corrected chi connectivity index (χ3v) is 3.63. The first-order chi connectivity index (χ1) is 11.5. The number of nitro benzene ring substituents is 1. The van der Waals surface area contributed by atoms with E-state index < -0.39 is 4.92 Å². The van der Waals surface area contributed by atoms with E-state index in [1.807, 2.05) is 0 Å². The number of nitro groups is 1. The minimum Gasteiger partial charge on any atom is -0.353 e. The molecule has 0 spiro atoms. The van der Waals surface area contributed by atoms with Crippen LogP contribution in [0.4, 0.5) is 5.69 Å². The van der Waals surface area contributed by atoms with E-state index in [4.69, 9.17) is 0 Å². The van der Waals surface area contributed by atoms with Gasteiger partial charge in [-0.05, 0) is 12.0 Å². The summed E-state index contributed by atoms with van der Waals surface area (Å²) in [5.74, 6) is -0.266. The number of nitrogens with zero attached hydrogens (tertiary/aromatic N) is 1. The Bertz CT molecular complexity index is 590. The molecule has 0 radical (unpaired) electrons.